The summed E-state index contributed by atoms with van der Waals surface area (Å²) in [6, 6.07) is 31.7. The Bertz CT molecular complexity index is 1160. The van der Waals surface area contributed by atoms with Crippen LogP contribution >= 0.6 is 0 Å². The van der Waals surface area contributed by atoms with Crippen LogP contribution in [0.25, 0.3) is 11.3 Å². The zero-order valence-electron chi connectivity index (χ0n) is 21.8. The molecule has 0 aliphatic heterocycles. The maximum Gasteiger partial charge on any atom is 0.119 e. The van der Waals surface area contributed by atoms with Crippen molar-refractivity contribution >= 4 is 0 Å². The van der Waals surface area contributed by atoms with Crippen molar-refractivity contribution in [1.82, 2.24) is 4.57 Å². The Morgan fingerprint density at radius 1 is 0.639 bits per heavy atom. The first-order chi connectivity index (χ1) is 17.7. The summed E-state index contributed by atoms with van der Waals surface area (Å²) in [7, 11) is 0. The molecule has 0 bridgehead atoms. The lowest BCUT2D eigenvalue weighted by atomic mass is 10.1. The number of rotatable bonds is 14. The Morgan fingerprint density at radius 2 is 1.33 bits per heavy atom. The quantitative estimate of drug-likeness (QED) is 0.168. The Balaban J connectivity index is 1.29. The van der Waals surface area contributed by atoms with E-state index >= 15 is 0 Å². The predicted octanol–water partition coefficient (Wildman–Crippen LogP) is 8.63. The first kappa shape index (κ1) is 25.6. The first-order valence-electron chi connectivity index (χ1n) is 13.4. The third-order valence-electron chi connectivity index (χ3n) is 6.66. The van der Waals surface area contributed by atoms with E-state index in [-0.39, 0.29) is 0 Å². The van der Waals surface area contributed by atoms with Crippen LogP contribution in [0.1, 0.15) is 55.8 Å². The summed E-state index contributed by atoms with van der Waals surface area (Å²) in [5.74, 6) is 1.86. The van der Waals surface area contributed by atoms with Gasteiger partial charge in [0.05, 0.1) is 6.61 Å². The van der Waals surface area contributed by atoms with Crippen LogP contribution in [0, 0.1) is 6.92 Å². The number of nitrogens with zero attached hydrogens (tertiary/aromatic N) is 1. The van der Waals surface area contributed by atoms with Crippen molar-refractivity contribution in [3.8, 4) is 22.8 Å². The van der Waals surface area contributed by atoms with E-state index in [4.69, 9.17) is 9.47 Å². The SMILES string of the molecule is CCCCCCCOc1ccc(CCn2c(C)ccc2-c2ccc(OCc3ccccc3)cc2)cc1. The lowest BCUT2D eigenvalue weighted by Gasteiger charge is -2.13. The van der Waals surface area contributed by atoms with Crippen LogP contribution in [0.5, 0.6) is 11.5 Å². The highest BCUT2D eigenvalue weighted by atomic mass is 16.5. The van der Waals surface area contributed by atoms with Crippen LogP contribution in [0.15, 0.2) is 91.0 Å². The van der Waals surface area contributed by atoms with E-state index in [2.05, 4.69) is 91.2 Å². The number of aromatic nitrogens is 1. The predicted molar refractivity (Wildman–Crippen MR) is 150 cm³/mol. The molecule has 0 spiro atoms. The van der Waals surface area contributed by atoms with Gasteiger partial charge in [0.25, 0.3) is 0 Å². The van der Waals surface area contributed by atoms with Gasteiger partial charge in [-0.15, -0.1) is 0 Å². The molecule has 0 saturated carbocycles. The van der Waals surface area contributed by atoms with Gasteiger partial charge in [-0.2, -0.15) is 0 Å². The fourth-order valence-electron chi connectivity index (χ4n) is 4.47. The number of hydrogen-bond donors (Lipinski definition) is 0. The Morgan fingerprint density at radius 3 is 2.08 bits per heavy atom. The fraction of sp³-hybridized carbons (Fsp3) is 0.333. The highest BCUT2D eigenvalue weighted by Gasteiger charge is 2.09. The summed E-state index contributed by atoms with van der Waals surface area (Å²) in [6.45, 7) is 6.76. The maximum atomic E-state index is 5.96. The van der Waals surface area contributed by atoms with Crippen LogP contribution in [-0.2, 0) is 19.6 Å². The minimum absolute atomic E-state index is 0.582. The van der Waals surface area contributed by atoms with E-state index < -0.39 is 0 Å². The van der Waals surface area contributed by atoms with Gasteiger partial charge in [0, 0.05) is 17.9 Å². The summed E-state index contributed by atoms with van der Waals surface area (Å²) < 4.78 is 14.3. The molecule has 0 radical (unpaired) electrons. The minimum Gasteiger partial charge on any atom is -0.494 e. The van der Waals surface area contributed by atoms with Crippen molar-refractivity contribution in [2.45, 2.75) is 65.5 Å². The second-order valence-corrected chi connectivity index (χ2v) is 9.47. The number of aryl methyl sites for hydroxylation is 2. The zero-order valence-corrected chi connectivity index (χ0v) is 21.8. The normalized spacial score (nSPS) is 10.9. The van der Waals surface area contributed by atoms with Gasteiger partial charge in [-0.3, -0.25) is 0 Å². The Kier molecular flexibility index (Phi) is 9.67. The molecule has 0 aliphatic rings. The Labute approximate surface area is 216 Å². The van der Waals surface area contributed by atoms with Crippen molar-refractivity contribution in [1.29, 1.82) is 0 Å². The maximum absolute atomic E-state index is 5.96. The van der Waals surface area contributed by atoms with E-state index in [0.29, 0.717) is 6.61 Å². The van der Waals surface area contributed by atoms with Crippen molar-refractivity contribution in [2.75, 3.05) is 6.61 Å². The van der Waals surface area contributed by atoms with Gasteiger partial charge in [-0.05, 0) is 85.0 Å². The molecule has 0 amide bonds. The summed E-state index contributed by atoms with van der Waals surface area (Å²) in [4.78, 5) is 0. The van der Waals surface area contributed by atoms with Gasteiger partial charge < -0.3 is 14.0 Å². The Hall–Kier alpha value is -3.46. The summed E-state index contributed by atoms with van der Waals surface area (Å²) in [5, 5.41) is 0. The molecule has 3 aromatic carbocycles. The third-order valence-corrected chi connectivity index (χ3v) is 6.66. The topological polar surface area (TPSA) is 23.4 Å². The molecule has 0 fully saturated rings. The molecule has 0 aliphatic carbocycles. The van der Waals surface area contributed by atoms with Crippen molar-refractivity contribution in [3.63, 3.8) is 0 Å². The molecule has 188 valence electrons. The average Bonchev–Trinajstić information content (AvgIpc) is 3.30. The molecule has 1 heterocycles. The van der Waals surface area contributed by atoms with E-state index in [1.807, 2.05) is 18.2 Å². The van der Waals surface area contributed by atoms with Gasteiger partial charge in [0.2, 0.25) is 0 Å². The van der Waals surface area contributed by atoms with Crippen molar-refractivity contribution in [3.05, 3.63) is 108 Å². The smallest absolute Gasteiger partial charge is 0.119 e. The number of benzene rings is 3. The molecule has 0 saturated heterocycles. The standard InChI is InChI=1S/C33H39NO2/c1-3-4-5-6-10-25-35-31-18-14-28(15-19-31)23-24-34-27(2)13-22-33(34)30-16-20-32(21-17-30)36-26-29-11-8-7-9-12-29/h7-9,11-22H,3-6,10,23-26H2,1-2H3. The van der Waals surface area contributed by atoms with Gasteiger partial charge in [-0.25, -0.2) is 0 Å². The van der Waals surface area contributed by atoms with Gasteiger partial charge in [-0.1, -0.05) is 75.1 Å². The van der Waals surface area contributed by atoms with Crippen LogP contribution in [0.2, 0.25) is 0 Å². The van der Waals surface area contributed by atoms with E-state index in [1.165, 1.54) is 53.8 Å². The van der Waals surface area contributed by atoms with Crippen LogP contribution < -0.4 is 9.47 Å². The minimum atomic E-state index is 0.582. The largest absolute Gasteiger partial charge is 0.494 e. The monoisotopic (exact) mass is 481 g/mol. The lowest BCUT2D eigenvalue weighted by Crippen LogP contribution is -2.05. The molecule has 3 heteroatoms. The van der Waals surface area contributed by atoms with Gasteiger partial charge >= 0.3 is 0 Å². The fourth-order valence-corrected chi connectivity index (χ4v) is 4.47. The molecule has 36 heavy (non-hydrogen) atoms. The number of unbranched alkanes of at least 4 members (excludes halogenated alkanes) is 4. The first-order valence-corrected chi connectivity index (χ1v) is 13.4. The molecule has 3 nitrogen and oxygen atoms in total. The lowest BCUT2D eigenvalue weighted by molar-refractivity contribution is 0.304. The molecule has 4 aromatic rings. The molecule has 0 unspecified atom stereocenters. The van der Waals surface area contributed by atoms with Crippen LogP contribution in [0.3, 0.4) is 0 Å². The zero-order chi connectivity index (χ0) is 25.0. The highest BCUT2D eigenvalue weighted by Crippen LogP contribution is 2.26. The second-order valence-electron chi connectivity index (χ2n) is 9.47. The number of hydrogen-bond acceptors (Lipinski definition) is 2. The second kappa shape index (κ2) is 13.6. The average molecular weight is 482 g/mol. The van der Waals surface area contributed by atoms with Gasteiger partial charge in [0.15, 0.2) is 0 Å². The molecule has 1 aromatic heterocycles. The van der Waals surface area contributed by atoms with Crippen molar-refractivity contribution in [2.24, 2.45) is 0 Å². The summed E-state index contributed by atoms with van der Waals surface area (Å²) in [5.41, 5.74) is 6.22. The van der Waals surface area contributed by atoms with E-state index in [1.54, 1.807) is 0 Å². The van der Waals surface area contributed by atoms with E-state index in [9.17, 15) is 0 Å². The molecule has 4 rings (SSSR count). The van der Waals surface area contributed by atoms with E-state index in [0.717, 1.165) is 37.5 Å². The number of ether oxygens (including phenoxy) is 2. The highest BCUT2D eigenvalue weighted by molar-refractivity contribution is 5.62. The molecular formula is C33H39NO2. The van der Waals surface area contributed by atoms with Crippen molar-refractivity contribution < 1.29 is 9.47 Å². The van der Waals surface area contributed by atoms with Crippen LogP contribution in [-0.4, -0.2) is 11.2 Å². The molecule has 0 atom stereocenters. The van der Waals surface area contributed by atoms with Crippen LogP contribution in [0.4, 0.5) is 0 Å². The summed E-state index contributed by atoms with van der Waals surface area (Å²) in [6.07, 6.45) is 7.30. The van der Waals surface area contributed by atoms with Gasteiger partial charge in [0.1, 0.15) is 18.1 Å². The molecule has 0 N–H and O–H groups in total. The third kappa shape index (κ3) is 7.52. The molecular weight excluding hydrogens is 442 g/mol. The summed E-state index contributed by atoms with van der Waals surface area (Å²) >= 11 is 0.